The highest BCUT2D eigenvalue weighted by molar-refractivity contribution is 6.01. The van der Waals surface area contributed by atoms with Crippen molar-refractivity contribution in [3.63, 3.8) is 0 Å². The molecular formula is C12H20O4. The van der Waals surface area contributed by atoms with Gasteiger partial charge in [-0.05, 0) is 26.7 Å². The van der Waals surface area contributed by atoms with Gasteiger partial charge in [-0.25, -0.2) is 0 Å². The van der Waals surface area contributed by atoms with Gasteiger partial charge in [-0.2, -0.15) is 0 Å². The summed E-state index contributed by atoms with van der Waals surface area (Å²) in [5.74, 6) is -1.10. The number of esters is 1. The molecule has 1 heterocycles. The molecular weight excluding hydrogens is 208 g/mol. The van der Waals surface area contributed by atoms with E-state index >= 15 is 0 Å². The van der Waals surface area contributed by atoms with Gasteiger partial charge in [0.2, 0.25) is 0 Å². The summed E-state index contributed by atoms with van der Waals surface area (Å²) in [7, 11) is 0. The average molecular weight is 228 g/mol. The molecule has 1 unspecified atom stereocenters. The summed E-state index contributed by atoms with van der Waals surface area (Å²) >= 11 is 0. The summed E-state index contributed by atoms with van der Waals surface area (Å²) in [6.07, 6.45) is 1.38. The van der Waals surface area contributed by atoms with Crippen molar-refractivity contribution >= 4 is 11.8 Å². The van der Waals surface area contributed by atoms with Crippen molar-refractivity contribution in [1.29, 1.82) is 0 Å². The monoisotopic (exact) mass is 228 g/mol. The Kier molecular flexibility index (Phi) is 4.47. The Balaban J connectivity index is 2.64. The van der Waals surface area contributed by atoms with Crippen LogP contribution in [0.4, 0.5) is 0 Å². The Morgan fingerprint density at radius 3 is 2.44 bits per heavy atom. The zero-order chi connectivity index (χ0) is 12.2. The van der Waals surface area contributed by atoms with Gasteiger partial charge in [-0.1, -0.05) is 6.92 Å². The lowest BCUT2D eigenvalue weighted by molar-refractivity contribution is -0.155. The van der Waals surface area contributed by atoms with Gasteiger partial charge in [-0.15, -0.1) is 0 Å². The Bertz CT molecular complexity index is 266. The largest absolute Gasteiger partial charge is 0.465 e. The molecule has 1 saturated heterocycles. The highest BCUT2D eigenvalue weighted by Crippen LogP contribution is 2.33. The Labute approximate surface area is 96.3 Å². The lowest BCUT2D eigenvalue weighted by Crippen LogP contribution is -2.40. The molecule has 1 aliphatic rings. The van der Waals surface area contributed by atoms with Crippen molar-refractivity contribution < 1.29 is 19.1 Å². The molecule has 1 atom stereocenters. The third kappa shape index (κ3) is 2.82. The van der Waals surface area contributed by atoms with Crippen LogP contribution in [-0.2, 0) is 19.1 Å². The van der Waals surface area contributed by atoms with E-state index in [1.165, 1.54) is 0 Å². The van der Waals surface area contributed by atoms with E-state index in [1.54, 1.807) is 13.8 Å². The first-order valence-electron chi connectivity index (χ1n) is 5.80. The lowest BCUT2D eigenvalue weighted by atomic mass is 9.74. The Morgan fingerprint density at radius 1 is 1.38 bits per heavy atom. The van der Waals surface area contributed by atoms with E-state index in [2.05, 4.69) is 0 Å². The molecule has 1 fully saturated rings. The number of hydrogen-bond acceptors (Lipinski definition) is 4. The zero-order valence-corrected chi connectivity index (χ0v) is 10.2. The predicted molar refractivity (Wildman–Crippen MR) is 59.0 cm³/mol. The second-order valence-electron chi connectivity index (χ2n) is 4.51. The standard InChI is InChI=1S/C12H20O4/c1-4-16-11(14)9(2)10(13)12(3)5-7-15-8-6-12/h9H,4-8H2,1-3H3. The van der Waals surface area contributed by atoms with Crippen LogP contribution in [0.5, 0.6) is 0 Å². The van der Waals surface area contributed by atoms with Crippen LogP contribution in [0.15, 0.2) is 0 Å². The molecule has 0 aromatic heterocycles. The maximum atomic E-state index is 12.2. The maximum Gasteiger partial charge on any atom is 0.316 e. The Morgan fingerprint density at radius 2 is 1.94 bits per heavy atom. The minimum Gasteiger partial charge on any atom is -0.465 e. The Hall–Kier alpha value is -0.900. The van der Waals surface area contributed by atoms with Crippen LogP contribution in [0.2, 0.25) is 0 Å². The van der Waals surface area contributed by atoms with Gasteiger partial charge in [0.15, 0.2) is 5.78 Å². The molecule has 92 valence electrons. The first-order valence-corrected chi connectivity index (χ1v) is 5.80. The molecule has 0 N–H and O–H groups in total. The SMILES string of the molecule is CCOC(=O)C(C)C(=O)C1(C)CCOCC1. The molecule has 4 nitrogen and oxygen atoms in total. The van der Waals surface area contributed by atoms with E-state index in [0.717, 1.165) is 0 Å². The van der Waals surface area contributed by atoms with Gasteiger partial charge in [0.05, 0.1) is 6.61 Å². The molecule has 0 amide bonds. The van der Waals surface area contributed by atoms with Gasteiger partial charge in [0.1, 0.15) is 5.92 Å². The van der Waals surface area contributed by atoms with Crippen molar-refractivity contribution in [3.05, 3.63) is 0 Å². The van der Waals surface area contributed by atoms with Crippen LogP contribution in [0, 0.1) is 11.3 Å². The molecule has 0 aromatic rings. The fourth-order valence-corrected chi connectivity index (χ4v) is 1.97. The van der Waals surface area contributed by atoms with Gasteiger partial charge in [-0.3, -0.25) is 9.59 Å². The van der Waals surface area contributed by atoms with Crippen LogP contribution in [0.3, 0.4) is 0 Å². The van der Waals surface area contributed by atoms with E-state index in [-0.39, 0.29) is 5.78 Å². The topological polar surface area (TPSA) is 52.6 Å². The number of ketones is 1. The van der Waals surface area contributed by atoms with Gasteiger partial charge in [0, 0.05) is 18.6 Å². The predicted octanol–water partition coefficient (Wildman–Crippen LogP) is 1.57. The summed E-state index contributed by atoms with van der Waals surface area (Å²) < 4.78 is 10.1. The number of carbonyl (C=O) groups excluding carboxylic acids is 2. The highest BCUT2D eigenvalue weighted by Gasteiger charge is 2.40. The summed E-state index contributed by atoms with van der Waals surface area (Å²) in [4.78, 5) is 23.7. The summed E-state index contributed by atoms with van der Waals surface area (Å²) in [6.45, 7) is 6.78. The summed E-state index contributed by atoms with van der Waals surface area (Å²) in [5, 5.41) is 0. The van der Waals surface area contributed by atoms with E-state index in [1.807, 2.05) is 6.92 Å². The van der Waals surface area contributed by atoms with Crippen LogP contribution in [-0.4, -0.2) is 31.6 Å². The van der Waals surface area contributed by atoms with E-state index in [9.17, 15) is 9.59 Å². The normalized spacial score (nSPS) is 21.2. The molecule has 0 bridgehead atoms. The van der Waals surface area contributed by atoms with Crippen molar-refractivity contribution in [2.75, 3.05) is 19.8 Å². The van der Waals surface area contributed by atoms with Crippen molar-refractivity contribution in [1.82, 2.24) is 0 Å². The molecule has 0 spiro atoms. The van der Waals surface area contributed by atoms with Crippen molar-refractivity contribution in [3.8, 4) is 0 Å². The van der Waals surface area contributed by atoms with Gasteiger partial charge >= 0.3 is 5.97 Å². The fourth-order valence-electron chi connectivity index (χ4n) is 1.97. The molecule has 0 aliphatic carbocycles. The molecule has 0 radical (unpaired) electrons. The van der Waals surface area contributed by atoms with E-state index < -0.39 is 17.3 Å². The van der Waals surface area contributed by atoms with E-state index in [4.69, 9.17) is 9.47 Å². The smallest absolute Gasteiger partial charge is 0.316 e. The average Bonchev–Trinajstić information content (AvgIpc) is 2.28. The molecule has 1 rings (SSSR count). The van der Waals surface area contributed by atoms with Crippen molar-refractivity contribution in [2.45, 2.75) is 33.6 Å². The summed E-state index contributed by atoms with van der Waals surface area (Å²) in [6, 6.07) is 0. The van der Waals surface area contributed by atoms with Crippen LogP contribution < -0.4 is 0 Å². The molecule has 0 saturated carbocycles. The first kappa shape index (κ1) is 13.2. The minimum atomic E-state index is -0.664. The number of ether oxygens (including phenoxy) is 2. The number of carbonyl (C=O) groups is 2. The van der Waals surface area contributed by atoms with Gasteiger partial charge in [0.25, 0.3) is 0 Å². The third-order valence-electron chi connectivity index (χ3n) is 3.22. The summed E-state index contributed by atoms with van der Waals surface area (Å²) in [5.41, 5.74) is -0.426. The molecule has 4 heteroatoms. The second kappa shape index (κ2) is 5.43. The second-order valence-corrected chi connectivity index (χ2v) is 4.51. The molecule has 16 heavy (non-hydrogen) atoms. The molecule has 1 aliphatic heterocycles. The highest BCUT2D eigenvalue weighted by atomic mass is 16.5. The third-order valence-corrected chi connectivity index (χ3v) is 3.22. The number of rotatable bonds is 4. The number of Topliss-reactive ketones (excluding diaryl/α,β-unsaturated/α-hetero) is 1. The fraction of sp³-hybridized carbons (Fsp3) is 0.833. The van der Waals surface area contributed by atoms with Gasteiger partial charge < -0.3 is 9.47 Å². The lowest BCUT2D eigenvalue weighted by Gasteiger charge is -2.33. The maximum absolute atomic E-state index is 12.2. The van der Waals surface area contributed by atoms with Crippen LogP contribution in [0.25, 0.3) is 0 Å². The minimum absolute atomic E-state index is 0.0192. The van der Waals surface area contributed by atoms with E-state index in [0.29, 0.717) is 32.7 Å². The van der Waals surface area contributed by atoms with Crippen molar-refractivity contribution in [2.24, 2.45) is 11.3 Å². The zero-order valence-electron chi connectivity index (χ0n) is 10.2. The number of hydrogen-bond donors (Lipinski definition) is 0. The first-order chi connectivity index (χ1) is 7.51. The van der Waals surface area contributed by atoms with Crippen LogP contribution in [0.1, 0.15) is 33.6 Å². The van der Waals surface area contributed by atoms with Crippen LogP contribution >= 0.6 is 0 Å². The quantitative estimate of drug-likeness (QED) is 0.541. The molecule has 0 aromatic carbocycles.